The number of carbonyl (C=O) groups excluding carboxylic acids is 1. The van der Waals surface area contributed by atoms with Gasteiger partial charge in [0.2, 0.25) is 5.91 Å². The van der Waals surface area contributed by atoms with Gasteiger partial charge in [-0.15, -0.1) is 0 Å². The van der Waals surface area contributed by atoms with E-state index in [4.69, 9.17) is 0 Å². The van der Waals surface area contributed by atoms with E-state index in [0.717, 1.165) is 13.0 Å². The lowest BCUT2D eigenvalue weighted by atomic mass is 10.1. The zero-order valence-electron chi connectivity index (χ0n) is 11.7. The van der Waals surface area contributed by atoms with Gasteiger partial charge in [0.05, 0.1) is 6.54 Å². The van der Waals surface area contributed by atoms with Crippen LogP contribution in [0.3, 0.4) is 0 Å². The number of nitrogens with zero attached hydrogens (tertiary/aromatic N) is 1. The number of hydrogen-bond donors (Lipinski definition) is 2. The molecule has 4 nitrogen and oxygen atoms in total. The predicted molar refractivity (Wildman–Crippen MR) is 77.2 cm³/mol. The average Bonchev–Trinajstić information content (AvgIpc) is 3.16. The van der Waals surface area contributed by atoms with Crippen LogP contribution in [-0.4, -0.2) is 50.6 Å². The van der Waals surface area contributed by atoms with Gasteiger partial charge in [0.1, 0.15) is 0 Å². The summed E-state index contributed by atoms with van der Waals surface area (Å²) < 4.78 is 0. The molecule has 104 valence electrons. The Kier molecular flexibility index (Phi) is 4.93. The number of benzene rings is 1. The molecule has 0 saturated heterocycles. The standard InChI is InChI=1S/C15H23N3O/c1-18(2)9-8-16-15(19)11-17-14-10-13(14)12-6-4-3-5-7-12/h3-7,13-14,17H,8-11H2,1-2H3,(H,16,19)/t13?,14-/m0/s1. The topological polar surface area (TPSA) is 44.4 Å². The number of likely N-dealkylation sites (N-methyl/N-ethyl adjacent to an activating group) is 1. The van der Waals surface area contributed by atoms with Crippen molar-refractivity contribution in [1.82, 2.24) is 15.5 Å². The molecule has 1 unspecified atom stereocenters. The Hall–Kier alpha value is -1.39. The fraction of sp³-hybridized carbons (Fsp3) is 0.533. The molecule has 1 aromatic rings. The molecule has 0 heterocycles. The van der Waals surface area contributed by atoms with E-state index in [1.807, 2.05) is 20.2 Å². The van der Waals surface area contributed by atoms with Crippen molar-refractivity contribution in [2.24, 2.45) is 0 Å². The van der Waals surface area contributed by atoms with Crippen LogP contribution in [0.15, 0.2) is 30.3 Å². The third-order valence-electron chi connectivity index (χ3n) is 3.42. The van der Waals surface area contributed by atoms with E-state index in [1.54, 1.807) is 0 Å². The van der Waals surface area contributed by atoms with Crippen molar-refractivity contribution in [2.75, 3.05) is 33.7 Å². The van der Waals surface area contributed by atoms with Crippen LogP contribution in [0.4, 0.5) is 0 Å². The molecule has 19 heavy (non-hydrogen) atoms. The van der Waals surface area contributed by atoms with Crippen LogP contribution in [0.5, 0.6) is 0 Å². The normalized spacial score (nSPS) is 21.4. The van der Waals surface area contributed by atoms with Gasteiger partial charge in [-0.2, -0.15) is 0 Å². The molecule has 2 N–H and O–H groups in total. The van der Waals surface area contributed by atoms with E-state index >= 15 is 0 Å². The molecule has 1 amide bonds. The van der Waals surface area contributed by atoms with Gasteiger partial charge in [0, 0.05) is 25.0 Å². The van der Waals surface area contributed by atoms with E-state index in [1.165, 1.54) is 5.56 Å². The van der Waals surface area contributed by atoms with Crippen LogP contribution in [0.2, 0.25) is 0 Å². The van der Waals surface area contributed by atoms with Gasteiger partial charge >= 0.3 is 0 Å². The SMILES string of the molecule is CN(C)CCNC(=O)CN[C@H]1CC1c1ccccc1. The summed E-state index contributed by atoms with van der Waals surface area (Å²) in [5.74, 6) is 0.663. The quantitative estimate of drug-likeness (QED) is 0.763. The Morgan fingerprint density at radius 2 is 2.05 bits per heavy atom. The molecule has 0 aromatic heterocycles. The first kappa shape index (κ1) is 14.0. The lowest BCUT2D eigenvalue weighted by Gasteiger charge is -2.10. The third-order valence-corrected chi connectivity index (χ3v) is 3.42. The molecule has 1 aromatic carbocycles. The van der Waals surface area contributed by atoms with Crippen LogP contribution >= 0.6 is 0 Å². The Morgan fingerprint density at radius 3 is 2.74 bits per heavy atom. The summed E-state index contributed by atoms with van der Waals surface area (Å²) in [5.41, 5.74) is 1.37. The van der Waals surface area contributed by atoms with Crippen LogP contribution in [0, 0.1) is 0 Å². The Labute approximate surface area is 115 Å². The smallest absolute Gasteiger partial charge is 0.234 e. The summed E-state index contributed by atoms with van der Waals surface area (Å²) in [6, 6.07) is 10.9. The van der Waals surface area contributed by atoms with Crippen molar-refractivity contribution >= 4 is 5.91 Å². The second kappa shape index (κ2) is 6.68. The van der Waals surface area contributed by atoms with Gasteiger partial charge in [-0.3, -0.25) is 4.79 Å². The maximum Gasteiger partial charge on any atom is 0.234 e. The molecular formula is C15H23N3O. The lowest BCUT2D eigenvalue weighted by Crippen LogP contribution is -2.38. The Morgan fingerprint density at radius 1 is 1.32 bits per heavy atom. The van der Waals surface area contributed by atoms with E-state index in [2.05, 4.69) is 39.8 Å². The Balaban J connectivity index is 1.61. The minimum atomic E-state index is 0.0839. The summed E-state index contributed by atoms with van der Waals surface area (Å²) in [6.07, 6.45) is 1.13. The highest BCUT2D eigenvalue weighted by Gasteiger charge is 2.37. The summed E-state index contributed by atoms with van der Waals surface area (Å²) in [6.45, 7) is 2.00. The first-order valence-corrected chi connectivity index (χ1v) is 6.86. The highest BCUT2D eigenvalue weighted by Crippen LogP contribution is 2.40. The first-order chi connectivity index (χ1) is 9.16. The monoisotopic (exact) mass is 261 g/mol. The van der Waals surface area contributed by atoms with Gasteiger partial charge in [-0.05, 0) is 26.1 Å². The van der Waals surface area contributed by atoms with Gasteiger partial charge < -0.3 is 15.5 Å². The van der Waals surface area contributed by atoms with Crippen molar-refractivity contribution in [3.8, 4) is 0 Å². The molecular weight excluding hydrogens is 238 g/mol. The molecule has 2 atom stereocenters. The molecule has 1 saturated carbocycles. The summed E-state index contributed by atoms with van der Waals surface area (Å²) in [7, 11) is 4.00. The lowest BCUT2D eigenvalue weighted by molar-refractivity contribution is -0.120. The number of amides is 1. The van der Waals surface area contributed by atoms with Gasteiger partial charge in [-0.25, -0.2) is 0 Å². The molecule has 4 heteroatoms. The maximum atomic E-state index is 11.6. The van der Waals surface area contributed by atoms with Gasteiger partial charge in [0.15, 0.2) is 0 Å². The van der Waals surface area contributed by atoms with Gasteiger partial charge in [-0.1, -0.05) is 30.3 Å². The van der Waals surface area contributed by atoms with Crippen LogP contribution in [-0.2, 0) is 4.79 Å². The second-order valence-electron chi connectivity index (χ2n) is 5.39. The molecule has 2 rings (SSSR count). The largest absolute Gasteiger partial charge is 0.354 e. The van der Waals surface area contributed by atoms with E-state index in [9.17, 15) is 4.79 Å². The number of rotatable bonds is 7. The fourth-order valence-electron chi connectivity index (χ4n) is 2.19. The highest BCUT2D eigenvalue weighted by molar-refractivity contribution is 5.78. The summed E-state index contributed by atoms with van der Waals surface area (Å²) >= 11 is 0. The Bertz CT molecular complexity index is 405. The summed E-state index contributed by atoms with van der Waals surface area (Å²) in [4.78, 5) is 13.7. The van der Waals surface area contributed by atoms with Crippen molar-refractivity contribution in [1.29, 1.82) is 0 Å². The molecule has 0 radical (unpaired) electrons. The summed E-state index contributed by atoms with van der Waals surface area (Å²) in [5, 5.41) is 6.23. The van der Waals surface area contributed by atoms with Crippen molar-refractivity contribution in [3.63, 3.8) is 0 Å². The van der Waals surface area contributed by atoms with Crippen LogP contribution in [0.1, 0.15) is 17.9 Å². The van der Waals surface area contributed by atoms with Crippen molar-refractivity contribution < 1.29 is 4.79 Å². The molecule has 1 aliphatic rings. The van der Waals surface area contributed by atoms with Crippen molar-refractivity contribution in [2.45, 2.75) is 18.4 Å². The van der Waals surface area contributed by atoms with Crippen LogP contribution in [0.25, 0.3) is 0 Å². The highest BCUT2D eigenvalue weighted by atomic mass is 16.1. The predicted octanol–water partition coefficient (Wildman–Crippen LogP) is 0.810. The fourth-order valence-corrected chi connectivity index (χ4v) is 2.19. The van der Waals surface area contributed by atoms with E-state index < -0.39 is 0 Å². The maximum absolute atomic E-state index is 11.6. The molecule has 0 aliphatic heterocycles. The second-order valence-corrected chi connectivity index (χ2v) is 5.39. The minimum Gasteiger partial charge on any atom is -0.354 e. The third kappa shape index (κ3) is 4.65. The minimum absolute atomic E-state index is 0.0839. The molecule has 0 bridgehead atoms. The molecule has 1 fully saturated rings. The number of carbonyl (C=O) groups is 1. The van der Waals surface area contributed by atoms with Crippen molar-refractivity contribution in [3.05, 3.63) is 35.9 Å². The zero-order chi connectivity index (χ0) is 13.7. The molecule has 0 spiro atoms. The number of nitrogens with one attached hydrogen (secondary N) is 2. The molecule has 1 aliphatic carbocycles. The van der Waals surface area contributed by atoms with Gasteiger partial charge in [0.25, 0.3) is 0 Å². The van der Waals surface area contributed by atoms with E-state index in [-0.39, 0.29) is 5.91 Å². The zero-order valence-corrected chi connectivity index (χ0v) is 11.7. The first-order valence-electron chi connectivity index (χ1n) is 6.86. The van der Waals surface area contributed by atoms with Crippen LogP contribution < -0.4 is 10.6 Å². The van der Waals surface area contributed by atoms with E-state index in [0.29, 0.717) is 25.0 Å². The average molecular weight is 261 g/mol. The number of hydrogen-bond acceptors (Lipinski definition) is 3.